The first-order chi connectivity index (χ1) is 8.56. The molecule has 0 aromatic carbocycles. The van der Waals surface area contributed by atoms with Gasteiger partial charge in [0.15, 0.2) is 4.34 Å². The molecule has 0 amide bonds. The molecule has 0 aliphatic rings. The second-order valence-corrected chi connectivity index (χ2v) is 5.91. The van der Waals surface area contributed by atoms with Crippen LogP contribution in [0.15, 0.2) is 27.6 Å². The first-order valence-electron chi connectivity index (χ1n) is 5.05. The van der Waals surface area contributed by atoms with E-state index < -0.39 is 0 Å². The number of rotatable bonds is 4. The molecule has 6 nitrogen and oxygen atoms in total. The minimum atomic E-state index is -0.0382. The van der Waals surface area contributed by atoms with Gasteiger partial charge >= 0.3 is 0 Å². The maximum atomic E-state index is 7.35. The van der Waals surface area contributed by atoms with E-state index in [-0.39, 0.29) is 5.84 Å². The molecule has 0 bridgehead atoms. The van der Waals surface area contributed by atoms with E-state index in [1.807, 2.05) is 25.1 Å². The van der Waals surface area contributed by atoms with Crippen LogP contribution in [0, 0.1) is 5.41 Å². The Labute approximate surface area is 113 Å². The summed E-state index contributed by atoms with van der Waals surface area (Å²) in [6, 6.07) is 3.62. The van der Waals surface area contributed by atoms with Gasteiger partial charge in [0.05, 0.1) is 0 Å². The summed E-state index contributed by atoms with van der Waals surface area (Å²) < 4.78 is 0.847. The zero-order valence-corrected chi connectivity index (χ0v) is 11.5. The minimum absolute atomic E-state index is 0.0382. The largest absolute Gasteiger partial charge is 0.382 e. The minimum Gasteiger partial charge on any atom is -0.382 e. The third-order valence-corrected chi connectivity index (χ3v) is 4.12. The molecule has 0 atom stereocenters. The number of nitrogen functional groups attached to an aromatic ring is 1. The topological polar surface area (TPSA) is 91.8 Å². The number of nitrogens with one attached hydrogen (secondary N) is 1. The second-order valence-electron chi connectivity index (χ2n) is 3.64. The lowest BCUT2D eigenvalue weighted by Crippen LogP contribution is -2.12. The van der Waals surface area contributed by atoms with Crippen molar-refractivity contribution in [3.05, 3.63) is 24.0 Å². The first-order valence-corrected chi connectivity index (χ1v) is 6.68. The average Bonchev–Trinajstić information content (AvgIpc) is 2.78. The van der Waals surface area contributed by atoms with E-state index in [9.17, 15) is 0 Å². The van der Waals surface area contributed by atoms with Crippen LogP contribution in [-0.4, -0.2) is 35.1 Å². The van der Waals surface area contributed by atoms with Crippen molar-refractivity contribution in [2.24, 2.45) is 5.73 Å². The first kappa shape index (κ1) is 12.8. The van der Waals surface area contributed by atoms with Crippen molar-refractivity contribution in [1.82, 2.24) is 15.2 Å². The van der Waals surface area contributed by atoms with E-state index in [0.29, 0.717) is 5.69 Å². The molecule has 0 saturated heterocycles. The molecule has 18 heavy (non-hydrogen) atoms. The van der Waals surface area contributed by atoms with E-state index in [1.54, 1.807) is 12.3 Å². The highest BCUT2D eigenvalue weighted by molar-refractivity contribution is 8.01. The summed E-state index contributed by atoms with van der Waals surface area (Å²) >= 11 is 2.99. The standard InChI is InChI=1S/C10H12N6S2/c1-16(2)9-14-15-10(18-9)17-6-3-4-13-7(5-6)8(11)12/h3-5H,1-2H3,(H3,11,12). The summed E-state index contributed by atoms with van der Waals surface area (Å²) in [6.45, 7) is 0. The van der Waals surface area contributed by atoms with Gasteiger partial charge in [-0.2, -0.15) is 0 Å². The molecule has 0 fully saturated rings. The fourth-order valence-corrected chi connectivity index (χ4v) is 2.91. The predicted molar refractivity (Wildman–Crippen MR) is 73.6 cm³/mol. The van der Waals surface area contributed by atoms with E-state index in [4.69, 9.17) is 11.1 Å². The van der Waals surface area contributed by atoms with Gasteiger partial charge in [-0.15, -0.1) is 10.2 Å². The Morgan fingerprint density at radius 3 is 2.83 bits per heavy atom. The Morgan fingerprint density at radius 2 is 2.22 bits per heavy atom. The van der Waals surface area contributed by atoms with Gasteiger partial charge in [-0.05, 0) is 12.1 Å². The molecule has 2 aromatic rings. The van der Waals surface area contributed by atoms with Crippen molar-refractivity contribution in [3.63, 3.8) is 0 Å². The van der Waals surface area contributed by atoms with Gasteiger partial charge in [-0.25, -0.2) is 0 Å². The molecule has 0 aliphatic carbocycles. The van der Waals surface area contributed by atoms with Crippen LogP contribution in [0.4, 0.5) is 5.13 Å². The van der Waals surface area contributed by atoms with E-state index in [1.165, 1.54) is 23.1 Å². The quantitative estimate of drug-likeness (QED) is 0.650. The Morgan fingerprint density at radius 1 is 1.44 bits per heavy atom. The van der Waals surface area contributed by atoms with Gasteiger partial charge in [0.1, 0.15) is 11.5 Å². The number of pyridine rings is 1. The summed E-state index contributed by atoms with van der Waals surface area (Å²) in [5, 5.41) is 16.4. The highest BCUT2D eigenvalue weighted by Crippen LogP contribution is 2.32. The normalized spacial score (nSPS) is 10.3. The summed E-state index contributed by atoms with van der Waals surface area (Å²) in [5.74, 6) is -0.0382. The van der Waals surface area contributed by atoms with Crippen LogP contribution in [0.2, 0.25) is 0 Å². The van der Waals surface area contributed by atoms with Gasteiger partial charge in [-0.3, -0.25) is 10.4 Å². The van der Waals surface area contributed by atoms with Gasteiger partial charge in [0.2, 0.25) is 5.13 Å². The number of nitrogens with zero attached hydrogens (tertiary/aromatic N) is 4. The van der Waals surface area contributed by atoms with Gasteiger partial charge in [-0.1, -0.05) is 23.1 Å². The van der Waals surface area contributed by atoms with Crippen molar-refractivity contribution >= 4 is 34.1 Å². The van der Waals surface area contributed by atoms with Crippen LogP contribution in [-0.2, 0) is 0 Å². The molecule has 8 heteroatoms. The van der Waals surface area contributed by atoms with Crippen LogP contribution in [0.1, 0.15) is 5.69 Å². The molecule has 2 aromatic heterocycles. The van der Waals surface area contributed by atoms with Gasteiger partial charge in [0, 0.05) is 25.2 Å². The molecule has 0 aliphatic heterocycles. The fourth-order valence-electron chi connectivity index (χ4n) is 1.15. The lowest BCUT2D eigenvalue weighted by atomic mass is 10.3. The third-order valence-electron chi connectivity index (χ3n) is 1.99. The number of amidine groups is 1. The number of nitrogens with two attached hydrogens (primary N) is 1. The molecule has 3 N–H and O–H groups in total. The zero-order chi connectivity index (χ0) is 13.1. The SMILES string of the molecule is CN(C)c1nnc(Sc2ccnc(C(=N)N)c2)s1. The lowest BCUT2D eigenvalue weighted by Gasteiger charge is -2.03. The smallest absolute Gasteiger partial charge is 0.208 e. The molecular weight excluding hydrogens is 268 g/mol. The van der Waals surface area contributed by atoms with Crippen LogP contribution < -0.4 is 10.6 Å². The predicted octanol–water partition coefficient (Wildman–Crippen LogP) is 1.43. The number of anilines is 1. The monoisotopic (exact) mass is 280 g/mol. The van der Waals surface area contributed by atoms with Crippen molar-refractivity contribution in [2.45, 2.75) is 9.24 Å². The fraction of sp³-hybridized carbons (Fsp3) is 0.200. The number of aromatic nitrogens is 3. The molecular formula is C10H12N6S2. The summed E-state index contributed by atoms with van der Waals surface area (Å²) in [7, 11) is 3.85. The number of hydrogen-bond donors (Lipinski definition) is 2. The summed E-state index contributed by atoms with van der Waals surface area (Å²) in [6.07, 6.45) is 1.63. The van der Waals surface area contributed by atoms with Gasteiger partial charge in [0.25, 0.3) is 0 Å². The van der Waals surface area contributed by atoms with E-state index in [0.717, 1.165) is 14.4 Å². The van der Waals surface area contributed by atoms with Crippen LogP contribution in [0.5, 0.6) is 0 Å². The maximum absolute atomic E-state index is 7.35. The van der Waals surface area contributed by atoms with Crippen LogP contribution >= 0.6 is 23.1 Å². The summed E-state index contributed by atoms with van der Waals surface area (Å²) in [5.41, 5.74) is 5.87. The number of hydrogen-bond acceptors (Lipinski definition) is 7. The molecule has 2 heterocycles. The molecule has 94 valence electrons. The van der Waals surface area contributed by atoms with Crippen molar-refractivity contribution < 1.29 is 0 Å². The molecule has 0 unspecified atom stereocenters. The molecule has 0 radical (unpaired) electrons. The van der Waals surface area contributed by atoms with Crippen LogP contribution in [0.25, 0.3) is 0 Å². The Balaban J connectivity index is 2.17. The average molecular weight is 280 g/mol. The Hall–Kier alpha value is -1.67. The third kappa shape index (κ3) is 2.96. The maximum Gasteiger partial charge on any atom is 0.208 e. The van der Waals surface area contributed by atoms with E-state index >= 15 is 0 Å². The van der Waals surface area contributed by atoms with Crippen molar-refractivity contribution in [3.8, 4) is 0 Å². The molecule has 0 saturated carbocycles. The Bertz CT molecular complexity index is 565. The Kier molecular flexibility index (Phi) is 3.78. The lowest BCUT2D eigenvalue weighted by molar-refractivity contribution is 0.972. The molecule has 2 rings (SSSR count). The highest BCUT2D eigenvalue weighted by Gasteiger charge is 2.08. The summed E-state index contributed by atoms with van der Waals surface area (Å²) in [4.78, 5) is 6.86. The molecule has 0 spiro atoms. The van der Waals surface area contributed by atoms with Crippen molar-refractivity contribution in [2.75, 3.05) is 19.0 Å². The van der Waals surface area contributed by atoms with E-state index in [2.05, 4.69) is 15.2 Å². The highest BCUT2D eigenvalue weighted by atomic mass is 32.2. The second kappa shape index (κ2) is 5.32. The van der Waals surface area contributed by atoms with Crippen LogP contribution in [0.3, 0.4) is 0 Å². The zero-order valence-electron chi connectivity index (χ0n) is 9.91. The van der Waals surface area contributed by atoms with Crippen molar-refractivity contribution in [1.29, 1.82) is 5.41 Å². The van der Waals surface area contributed by atoms with Gasteiger partial charge < -0.3 is 10.6 Å².